The fourth-order valence-electron chi connectivity index (χ4n) is 10.6. The van der Waals surface area contributed by atoms with Crippen LogP contribution in [0, 0.1) is 46.3 Å². The highest BCUT2D eigenvalue weighted by molar-refractivity contribution is 5.66. The number of rotatable bonds is 1. The molecule has 1 N–H and O–H groups in total. The van der Waals surface area contributed by atoms with Crippen LogP contribution in [0.15, 0.2) is 0 Å². The van der Waals surface area contributed by atoms with Gasteiger partial charge in [-0.25, -0.2) is 0 Å². The monoisotopic (exact) mass is 474 g/mol. The Balaban J connectivity index is 1.23. The molecule has 2 heterocycles. The first-order valence-electron chi connectivity index (χ1n) is 14.2. The number of carbonyl (C=O) groups excluding carboxylic acids is 1. The number of ether oxygens (including phenoxy) is 3. The SMILES string of the molecule is CC(=O)O[C@H]1CC[C@@]2(C)[C@H](CC[C@@H]3[C@@H]2CC[C@@]2(C)[C@H]3C[C@@H]3O[C@]4(CC[C@@H](C)CO4)[C@](C)(O)[C@@H]32)C1. The molecule has 0 unspecified atom stereocenters. The quantitative estimate of drug-likeness (QED) is 0.510. The highest BCUT2D eigenvalue weighted by atomic mass is 16.7. The minimum absolute atomic E-state index is 0.113. The number of aliphatic hydroxyl groups is 1. The number of esters is 1. The first-order chi connectivity index (χ1) is 16.0. The lowest BCUT2D eigenvalue weighted by Crippen LogP contribution is -2.61. The van der Waals surface area contributed by atoms with Gasteiger partial charge in [-0.2, -0.15) is 0 Å². The number of hydrogen-bond donors (Lipinski definition) is 1. The largest absolute Gasteiger partial charge is 0.463 e. The number of carbonyl (C=O) groups is 1. The van der Waals surface area contributed by atoms with E-state index in [1.807, 2.05) is 6.92 Å². The van der Waals surface area contributed by atoms with E-state index in [0.717, 1.165) is 43.9 Å². The number of fused-ring (bicyclic) bond motifs is 7. The molecule has 2 aliphatic heterocycles. The van der Waals surface area contributed by atoms with Gasteiger partial charge in [0.25, 0.3) is 0 Å². The Hall–Kier alpha value is -0.650. The van der Waals surface area contributed by atoms with Crippen molar-refractivity contribution in [3.63, 3.8) is 0 Å². The van der Waals surface area contributed by atoms with Gasteiger partial charge in [0, 0.05) is 19.3 Å². The lowest BCUT2D eigenvalue weighted by molar-refractivity contribution is -0.315. The summed E-state index contributed by atoms with van der Waals surface area (Å²) in [6.45, 7) is 11.5. The fraction of sp³-hybridized carbons (Fsp3) is 0.966. The van der Waals surface area contributed by atoms with E-state index in [0.29, 0.717) is 29.8 Å². The zero-order chi connectivity index (χ0) is 24.1. The van der Waals surface area contributed by atoms with Crippen LogP contribution in [-0.2, 0) is 19.0 Å². The van der Waals surface area contributed by atoms with Crippen molar-refractivity contribution in [2.45, 2.75) is 122 Å². The third-order valence-corrected chi connectivity index (χ3v) is 12.2. The third kappa shape index (κ3) is 3.11. The molecule has 5 heteroatoms. The maximum absolute atomic E-state index is 12.1. The van der Waals surface area contributed by atoms with Crippen LogP contribution in [0.25, 0.3) is 0 Å². The van der Waals surface area contributed by atoms with E-state index in [-0.39, 0.29) is 29.5 Å². The van der Waals surface area contributed by atoms with Gasteiger partial charge in [0.2, 0.25) is 0 Å². The molecule has 12 atom stereocenters. The Morgan fingerprint density at radius 2 is 1.71 bits per heavy atom. The molecule has 0 aromatic carbocycles. The predicted molar refractivity (Wildman–Crippen MR) is 129 cm³/mol. The molecule has 192 valence electrons. The Morgan fingerprint density at radius 3 is 2.41 bits per heavy atom. The summed E-state index contributed by atoms with van der Waals surface area (Å²) in [6.07, 6.45) is 11.4. The summed E-state index contributed by atoms with van der Waals surface area (Å²) >= 11 is 0. The minimum atomic E-state index is -0.933. The Kier molecular flexibility index (Phi) is 5.36. The second kappa shape index (κ2) is 7.68. The van der Waals surface area contributed by atoms with Gasteiger partial charge in [-0.15, -0.1) is 0 Å². The van der Waals surface area contributed by atoms with Crippen molar-refractivity contribution >= 4 is 5.97 Å². The Bertz CT molecular complexity index is 830. The molecule has 34 heavy (non-hydrogen) atoms. The summed E-state index contributed by atoms with van der Waals surface area (Å²) < 4.78 is 18.8. The van der Waals surface area contributed by atoms with E-state index in [2.05, 4.69) is 20.8 Å². The summed E-state index contributed by atoms with van der Waals surface area (Å²) in [5.41, 5.74) is -0.466. The van der Waals surface area contributed by atoms with Gasteiger partial charge >= 0.3 is 5.97 Å². The maximum atomic E-state index is 12.1. The predicted octanol–water partition coefficient (Wildman–Crippen LogP) is 5.48. The molecule has 0 aromatic rings. The van der Waals surface area contributed by atoms with Crippen LogP contribution in [-0.4, -0.2) is 41.3 Å². The van der Waals surface area contributed by atoms with Gasteiger partial charge in [-0.3, -0.25) is 4.79 Å². The lowest BCUT2D eigenvalue weighted by atomic mass is 9.44. The van der Waals surface area contributed by atoms with Gasteiger partial charge in [0.15, 0.2) is 5.79 Å². The molecule has 0 bridgehead atoms. The van der Waals surface area contributed by atoms with Crippen LogP contribution in [0.5, 0.6) is 0 Å². The van der Waals surface area contributed by atoms with Gasteiger partial charge in [0.1, 0.15) is 11.7 Å². The molecule has 6 aliphatic rings. The molecule has 4 aliphatic carbocycles. The second-order valence-electron chi connectivity index (χ2n) is 13.9. The molecule has 6 rings (SSSR count). The van der Waals surface area contributed by atoms with Gasteiger partial charge in [0.05, 0.1) is 12.7 Å². The fourth-order valence-corrected chi connectivity index (χ4v) is 10.6. The zero-order valence-electron chi connectivity index (χ0n) is 22.0. The Labute approximate surface area is 205 Å². The average Bonchev–Trinajstić information content (AvgIpc) is 3.18. The van der Waals surface area contributed by atoms with Crippen molar-refractivity contribution in [3.8, 4) is 0 Å². The standard InChI is InChI=1S/C29H46O5/c1-17-8-13-29(32-16-17)28(5,31)25-24(34-29)15-23-21-7-6-19-14-20(33-18(2)30)9-11-26(19,3)22(21)10-12-27(23,25)4/h17,19-25,31H,6-16H2,1-5H3/t17-,19-,20+,21-,22+,23+,24+,25+,26+,27+,28-,29-/m1/s1. The van der Waals surface area contributed by atoms with Crippen LogP contribution in [0.4, 0.5) is 0 Å². The lowest BCUT2D eigenvalue weighted by Gasteiger charge is -2.61. The summed E-state index contributed by atoms with van der Waals surface area (Å²) in [7, 11) is 0. The highest BCUT2D eigenvalue weighted by Crippen LogP contribution is 2.72. The van der Waals surface area contributed by atoms with Crippen molar-refractivity contribution in [1.82, 2.24) is 0 Å². The molecular formula is C29H46O5. The molecule has 2 saturated heterocycles. The van der Waals surface area contributed by atoms with Crippen LogP contribution in [0.2, 0.25) is 0 Å². The highest BCUT2D eigenvalue weighted by Gasteiger charge is 2.74. The molecule has 0 radical (unpaired) electrons. The molecule has 0 amide bonds. The van der Waals surface area contributed by atoms with Crippen molar-refractivity contribution in [1.29, 1.82) is 0 Å². The molecule has 1 spiro atoms. The normalized spacial score (nSPS) is 58.5. The van der Waals surface area contributed by atoms with Crippen molar-refractivity contribution in [3.05, 3.63) is 0 Å². The second-order valence-corrected chi connectivity index (χ2v) is 13.9. The molecular weight excluding hydrogens is 428 g/mol. The molecule has 6 fully saturated rings. The molecule has 4 saturated carbocycles. The van der Waals surface area contributed by atoms with E-state index in [9.17, 15) is 9.90 Å². The van der Waals surface area contributed by atoms with Gasteiger partial charge in [-0.1, -0.05) is 20.8 Å². The first-order valence-corrected chi connectivity index (χ1v) is 14.2. The first kappa shape index (κ1) is 23.7. The van der Waals surface area contributed by atoms with E-state index in [4.69, 9.17) is 14.2 Å². The summed E-state index contributed by atoms with van der Waals surface area (Å²) in [5, 5.41) is 12.1. The van der Waals surface area contributed by atoms with Crippen molar-refractivity contribution in [2.24, 2.45) is 46.3 Å². The van der Waals surface area contributed by atoms with E-state index in [1.165, 1.54) is 32.1 Å². The van der Waals surface area contributed by atoms with E-state index in [1.54, 1.807) is 6.92 Å². The number of hydrogen-bond acceptors (Lipinski definition) is 5. The van der Waals surface area contributed by atoms with Crippen LogP contribution in [0.1, 0.15) is 98.8 Å². The zero-order valence-corrected chi connectivity index (χ0v) is 22.0. The van der Waals surface area contributed by atoms with Crippen LogP contribution < -0.4 is 0 Å². The minimum Gasteiger partial charge on any atom is -0.463 e. The summed E-state index contributed by atoms with van der Waals surface area (Å²) in [6, 6.07) is 0. The summed E-state index contributed by atoms with van der Waals surface area (Å²) in [4.78, 5) is 11.6. The average molecular weight is 475 g/mol. The summed E-state index contributed by atoms with van der Waals surface area (Å²) in [5.74, 6) is 2.51. The van der Waals surface area contributed by atoms with Crippen LogP contribution in [0.3, 0.4) is 0 Å². The molecule has 0 aromatic heterocycles. The molecule has 5 nitrogen and oxygen atoms in total. The third-order valence-electron chi connectivity index (χ3n) is 12.2. The van der Waals surface area contributed by atoms with Gasteiger partial charge in [-0.05, 0) is 105 Å². The van der Waals surface area contributed by atoms with Gasteiger partial charge < -0.3 is 19.3 Å². The van der Waals surface area contributed by atoms with E-state index >= 15 is 0 Å². The van der Waals surface area contributed by atoms with Crippen molar-refractivity contribution in [2.75, 3.05) is 6.61 Å². The van der Waals surface area contributed by atoms with Crippen LogP contribution >= 0.6 is 0 Å². The smallest absolute Gasteiger partial charge is 0.302 e. The van der Waals surface area contributed by atoms with E-state index < -0.39 is 11.4 Å². The van der Waals surface area contributed by atoms with Crippen molar-refractivity contribution < 1.29 is 24.1 Å². The topological polar surface area (TPSA) is 65.0 Å². The Morgan fingerprint density at radius 1 is 0.941 bits per heavy atom. The maximum Gasteiger partial charge on any atom is 0.302 e.